The molecule has 2 heterocycles. The largest absolute Gasteiger partial charge is 0.504 e. The number of rotatable bonds is 2. The molecule has 0 atom stereocenters. The number of amides is 1. The number of carbonyl (C=O) groups is 1. The highest BCUT2D eigenvalue weighted by atomic mass is 32.1. The zero-order valence-electron chi connectivity index (χ0n) is 7.41. The molecule has 2 rings (SSSR count). The standard InChI is InChI=1S/C8H6N4O2S/c13-6-2-1-3-9-7(6)11-8(14)5-4-10-15-12-5/h1-4,13H,(H,9,11,14). The fraction of sp³-hybridized carbons (Fsp3) is 0. The first-order chi connectivity index (χ1) is 7.27. The predicted molar refractivity (Wildman–Crippen MR) is 53.8 cm³/mol. The van der Waals surface area contributed by atoms with Gasteiger partial charge in [-0.25, -0.2) is 4.98 Å². The maximum atomic E-state index is 11.5. The second kappa shape index (κ2) is 4.01. The first-order valence-electron chi connectivity index (χ1n) is 4.00. The molecular weight excluding hydrogens is 216 g/mol. The summed E-state index contributed by atoms with van der Waals surface area (Å²) in [5.74, 6) is -0.428. The zero-order chi connectivity index (χ0) is 10.7. The van der Waals surface area contributed by atoms with Crippen LogP contribution in [0.5, 0.6) is 5.75 Å². The fourth-order valence-electron chi connectivity index (χ4n) is 0.929. The van der Waals surface area contributed by atoms with Crippen LogP contribution in [0.4, 0.5) is 5.82 Å². The van der Waals surface area contributed by atoms with Gasteiger partial charge >= 0.3 is 0 Å². The number of carbonyl (C=O) groups excluding carboxylic acids is 1. The lowest BCUT2D eigenvalue weighted by Crippen LogP contribution is -2.13. The molecule has 0 spiro atoms. The lowest BCUT2D eigenvalue weighted by molar-refractivity contribution is 0.102. The van der Waals surface area contributed by atoms with E-state index in [0.29, 0.717) is 0 Å². The highest BCUT2D eigenvalue weighted by Crippen LogP contribution is 2.18. The molecule has 76 valence electrons. The Morgan fingerprint density at radius 3 is 3.07 bits per heavy atom. The molecule has 6 nitrogen and oxygen atoms in total. The van der Waals surface area contributed by atoms with Crippen molar-refractivity contribution in [3.8, 4) is 5.75 Å². The van der Waals surface area contributed by atoms with E-state index in [1.807, 2.05) is 0 Å². The van der Waals surface area contributed by atoms with E-state index in [9.17, 15) is 9.90 Å². The van der Waals surface area contributed by atoms with Crippen LogP contribution >= 0.6 is 11.7 Å². The second-order valence-electron chi connectivity index (χ2n) is 2.62. The Kier molecular flexibility index (Phi) is 2.55. The summed E-state index contributed by atoms with van der Waals surface area (Å²) < 4.78 is 7.45. The van der Waals surface area contributed by atoms with E-state index in [1.54, 1.807) is 6.07 Å². The number of aromatic nitrogens is 3. The van der Waals surface area contributed by atoms with E-state index in [0.717, 1.165) is 11.7 Å². The summed E-state index contributed by atoms with van der Waals surface area (Å²) in [4.78, 5) is 15.3. The topological polar surface area (TPSA) is 88.0 Å². The summed E-state index contributed by atoms with van der Waals surface area (Å²) >= 11 is 0.939. The lowest BCUT2D eigenvalue weighted by Gasteiger charge is -2.02. The van der Waals surface area contributed by atoms with Gasteiger partial charge in [0.1, 0.15) is 0 Å². The Morgan fingerprint density at radius 1 is 1.53 bits per heavy atom. The Morgan fingerprint density at radius 2 is 2.40 bits per heavy atom. The van der Waals surface area contributed by atoms with E-state index >= 15 is 0 Å². The lowest BCUT2D eigenvalue weighted by atomic mass is 10.4. The molecule has 15 heavy (non-hydrogen) atoms. The van der Waals surface area contributed by atoms with E-state index < -0.39 is 5.91 Å². The molecule has 0 aliphatic rings. The fourth-order valence-corrected chi connectivity index (χ4v) is 1.34. The first-order valence-corrected chi connectivity index (χ1v) is 4.73. The summed E-state index contributed by atoms with van der Waals surface area (Å²) in [7, 11) is 0. The predicted octanol–water partition coefficient (Wildman–Crippen LogP) is 0.891. The van der Waals surface area contributed by atoms with Gasteiger partial charge in [0, 0.05) is 6.20 Å². The van der Waals surface area contributed by atoms with Gasteiger partial charge in [0.2, 0.25) is 0 Å². The summed E-state index contributed by atoms with van der Waals surface area (Å²) in [5, 5.41) is 11.8. The molecule has 7 heteroatoms. The van der Waals surface area contributed by atoms with Gasteiger partial charge in [-0.1, -0.05) is 0 Å². The number of hydrogen-bond donors (Lipinski definition) is 2. The van der Waals surface area contributed by atoms with Crippen molar-refractivity contribution in [1.82, 2.24) is 13.7 Å². The van der Waals surface area contributed by atoms with Crippen LogP contribution in [-0.4, -0.2) is 24.7 Å². The van der Waals surface area contributed by atoms with Crippen LogP contribution in [0.15, 0.2) is 24.5 Å². The van der Waals surface area contributed by atoms with Gasteiger partial charge in [-0.3, -0.25) is 4.79 Å². The third kappa shape index (κ3) is 2.08. The number of aromatic hydroxyl groups is 1. The quantitative estimate of drug-likeness (QED) is 0.787. The Balaban J connectivity index is 2.17. The molecule has 0 aromatic carbocycles. The molecule has 0 fully saturated rings. The second-order valence-corrected chi connectivity index (χ2v) is 3.17. The van der Waals surface area contributed by atoms with Crippen LogP contribution in [0.3, 0.4) is 0 Å². The Labute approximate surface area is 88.9 Å². The van der Waals surface area contributed by atoms with Crippen LogP contribution in [0.2, 0.25) is 0 Å². The minimum Gasteiger partial charge on any atom is -0.504 e. The molecule has 0 radical (unpaired) electrons. The van der Waals surface area contributed by atoms with Crippen LogP contribution in [0.25, 0.3) is 0 Å². The van der Waals surface area contributed by atoms with Crippen molar-refractivity contribution < 1.29 is 9.90 Å². The highest BCUT2D eigenvalue weighted by Gasteiger charge is 2.11. The summed E-state index contributed by atoms with van der Waals surface area (Å²) in [6.07, 6.45) is 2.81. The van der Waals surface area contributed by atoms with Crippen LogP contribution < -0.4 is 5.32 Å². The maximum Gasteiger partial charge on any atom is 0.278 e. The molecule has 0 unspecified atom stereocenters. The van der Waals surface area contributed by atoms with Crippen molar-refractivity contribution >= 4 is 23.5 Å². The number of hydrogen-bond acceptors (Lipinski definition) is 6. The SMILES string of the molecule is O=C(Nc1ncccc1O)c1cnsn1. The summed E-state index contributed by atoms with van der Waals surface area (Å²) in [6.45, 7) is 0. The molecular formula is C8H6N4O2S. The minimum atomic E-state index is -0.447. The van der Waals surface area contributed by atoms with Gasteiger partial charge in [-0.15, -0.1) is 0 Å². The highest BCUT2D eigenvalue weighted by molar-refractivity contribution is 6.99. The van der Waals surface area contributed by atoms with Crippen molar-refractivity contribution in [1.29, 1.82) is 0 Å². The first kappa shape index (κ1) is 9.53. The average molecular weight is 222 g/mol. The van der Waals surface area contributed by atoms with Gasteiger partial charge in [0.15, 0.2) is 17.3 Å². The number of pyridine rings is 1. The summed E-state index contributed by atoms with van der Waals surface area (Å²) in [6, 6.07) is 3.00. The number of nitrogens with zero attached hydrogens (tertiary/aromatic N) is 3. The van der Waals surface area contributed by atoms with Crippen molar-refractivity contribution in [2.45, 2.75) is 0 Å². The maximum absolute atomic E-state index is 11.5. The smallest absolute Gasteiger partial charge is 0.278 e. The van der Waals surface area contributed by atoms with Crippen molar-refractivity contribution in [3.63, 3.8) is 0 Å². The van der Waals surface area contributed by atoms with Gasteiger partial charge in [0.25, 0.3) is 5.91 Å². The molecule has 2 aromatic rings. The third-order valence-corrected chi connectivity index (χ3v) is 2.09. The summed E-state index contributed by atoms with van der Waals surface area (Å²) in [5.41, 5.74) is 0.199. The van der Waals surface area contributed by atoms with Crippen LogP contribution in [0, 0.1) is 0 Å². The molecule has 2 N–H and O–H groups in total. The van der Waals surface area contributed by atoms with Crippen LogP contribution in [0.1, 0.15) is 10.5 Å². The Bertz CT molecular complexity index is 471. The van der Waals surface area contributed by atoms with Gasteiger partial charge in [-0.2, -0.15) is 8.75 Å². The Hall–Kier alpha value is -2.02. The minimum absolute atomic E-state index is 0.0889. The molecule has 1 amide bonds. The average Bonchev–Trinajstić information content (AvgIpc) is 2.74. The van der Waals surface area contributed by atoms with E-state index in [-0.39, 0.29) is 17.3 Å². The molecule has 0 saturated heterocycles. The zero-order valence-corrected chi connectivity index (χ0v) is 8.23. The van der Waals surface area contributed by atoms with Crippen LogP contribution in [-0.2, 0) is 0 Å². The van der Waals surface area contributed by atoms with Gasteiger partial charge in [0.05, 0.1) is 17.9 Å². The van der Waals surface area contributed by atoms with Crippen molar-refractivity contribution in [2.24, 2.45) is 0 Å². The molecule has 0 aliphatic heterocycles. The third-order valence-electron chi connectivity index (χ3n) is 1.61. The molecule has 2 aromatic heterocycles. The van der Waals surface area contributed by atoms with E-state index in [1.165, 1.54) is 18.5 Å². The van der Waals surface area contributed by atoms with Gasteiger partial charge < -0.3 is 10.4 Å². The monoisotopic (exact) mass is 222 g/mol. The normalized spacial score (nSPS) is 9.87. The molecule has 0 aliphatic carbocycles. The molecule has 0 saturated carbocycles. The van der Waals surface area contributed by atoms with Gasteiger partial charge in [-0.05, 0) is 12.1 Å². The van der Waals surface area contributed by atoms with Crippen molar-refractivity contribution in [2.75, 3.05) is 5.32 Å². The molecule has 0 bridgehead atoms. The van der Waals surface area contributed by atoms with E-state index in [2.05, 4.69) is 19.0 Å². The number of anilines is 1. The number of nitrogens with one attached hydrogen (secondary N) is 1. The van der Waals surface area contributed by atoms with E-state index in [4.69, 9.17) is 0 Å². The van der Waals surface area contributed by atoms with Crippen molar-refractivity contribution in [3.05, 3.63) is 30.2 Å².